The predicted molar refractivity (Wildman–Crippen MR) is 127 cm³/mol. The molecular weight excluding hydrogens is 446 g/mol. The molecule has 0 spiro atoms. The lowest BCUT2D eigenvalue weighted by molar-refractivity contribution is 0.0755. The van der Waals surface area contributed by atoms with E-state index in [0.29, 0.717) is 23.9 Å². The van der Waals surface area contributed by atoms with Crippen LogP contribution < -0.4 is 9.47 Å². The van der Waals surface area contributed by atoms with Gasteiger partial charge in [0.05, 0.1) is 7.11 Å². The maximum Gasteiger partial charge on any atom is 0.273 e. The van der Waals surface area contributed by atoms with Gasteiger partial charge in [0.2, 0.25) is 0 Å². The molecule has 0 radical (unpaired) electrons. The third-order valence-electron chi connectivity index (χ3n) is 5.39. The van der Waals surface area contributed by atoms with Gasteiger partial charge in [-0.3, -0.25) is 9.69 Å². The molecule has 168 valence electrons. The molecule has 1 aromatic heterocycles. The van der Waals surface area contributed by atoms with Gasteiger partial charge in [-0.05, 0) is 48.4 Å². The van der Waals surface area contributed by atoms with E-state index in [9.17, 15) is 4.79 Å². The van der Waals surface area contributed by atoms with Gasteiger partial charge in [0.15, 0.2) is 0 Å². The third-order valence-corrected chi connectivity index (χ3v) is 6.46. The molecular formula is C24H26ClN3O3S. The maximum atomic E-state index is 13.0. The molecule has 3 aromatic rings. The lowest BCUT2D eigenvalue weighted by atomic mass is 10.2. The van der Waals surface area contributed by atoms with Crippen LogP contribution in [0, 0.1) is 0 Å². The summed E-state index contributed by atoms with van der Waals surface area (Å²) in [7, 11) is 1.67. The van der Waals surface area contributed by atoms with Crippen molar-refractivity contribution in [1.82, 2.24) is 14.8 Å². The second-order valence-electron chi connectivity index (χ2n) is 7.64. The van der Waals surface area contributed by atoms with Crippen molar-refractivity contribution in [3.05, 3.63) is 75.2 Å². The normalized spacial score (nSPS) is 14.8. The maximum absolute atomic E-state index is 13.0. The van der Waals surface area contributed by atoms with Crippen LogP contribution in [0.4, 0.5) is 0 Å². The van der Waals surface area contributed by atoms with Crippen molar-refractivity contribution in [1.29, 1.82) is 0 Å². The number of halogens is 1. The molecule has 1 amide bonds. The summed E-state index contributed by atoms with van der Waals surface area (Å²) in [6.07, 6.45) is 0.943. The molecule has 2 heterocycles. The molecule has 0 unspecified atom stereocenters. The number of methoxy groups -OCH3 is 1. The van der Waals surface area contributed by atoms with Gasteiger partial charge in [0.25, 0.3) is 5.91 Å². The number of thiazole rings is 1. The standard InChI is InChI=1S/C24H26ClN3O3S/c1-30-20-7-3-18(4-8-20)15-27-11-2-12-28(14-13-27)24(29)22-17-32-23(26-22)16-31-21-9-5-19(25)6-10-21/h3-10,17H,2,11-16H2,1H3. The van der Waals surface area contributed by atoms with Crippen molar-refractivity contribution in [2.75, 3.05) is 33.3 Å². The van der Waals surface area contributed by atoms with E-state index in [1.807, 2.05) is 34.5 Å². The first-order chi connectivity index (χ1) is 15.6. The largest absolute Gasteiger partial charge is 0.497 e. The molecule has 1 saturated heterocycles. The lowest BCUT2D eigenvalue weighted by Crippen LogP contribution is -2.35. The van der Waals surface area contributed by atoms with Gasteiger partial charge >= 0.3 is 0 Å². The van der Waals surface area contributed by atoms with Crippen LogP contribution in [0.5, 0.6) is 11.5 Å². The number of rotatable bonds is 7. The number of hydrogen-bond donors (Lipinski definition) is 0. The molecule has 2 aromatic carbocycles. The highest BCUT2D eigenvalue weighted by Crippen LogP contribution is 2.20. The number of benzene rings is 2. The minimum absolute atomic E-state index is 0.00899. The van der Waals surface area contributed by atoms with E-state index in [-0.39, 0.29) is 5.91 Å². The van der Waals surface area contributed by atoms with Gasteiger partial charge in [-0.2, -0.15) is 0 Å². The molecule has 1 aliphatic heterocycles. The summed E-state index contributed by atoms with van der Waals surface area (Å²) in [5.41, 5.74) is 1.74. The number of carbonyl (C=O) groups is 1. The summed E-state index contributed by atoms with van der Waals surface area (Å²) in [5, 5.41) is 3.27. The van der Waals surface area contributed by atoms with Gasteiger partial charge in [-0.1, -0.05) is 23.7 Å². The fourth-order valence-corrected chi connectivity index (χ4v) is 4.44. The smallest absolute Gasteiger partial charge is 0.273 e. The Morgan fingerprint density at radius 3 is 2.53 bits per heavy atom. The second-order valence-corrected chi connectivity index (χ2v) is 9.02. The monoisotopic (exact) mass is 471 g/mol. The molecule has 0 aliphatic carbocycles. The molecule has 1 fully saturated rings. The first kappa shape index (κ1) is 22.6. The van der Waals surface area contributed by atoms with Gasteiger partial charge in [-0.15, -0.1) is 11.3 Å². The first-order valence-corrected chi connectivity index (χ1v) is 11.8. The van der Waals surface area contributed by atoms with E-state index in [1.54, 1.807) is 19.2 Å². The average Bonchev–Trinajstić information content (AvgIpc) is 3.17. The number of nitrogens with zero attached hydrogens (tertiary/aromatic N) is 3. The quantitative estimate of drug-likeness (QED) is 0.498. The van der Waals surface area contributed by atoms with E-state index in [2.05, 4.69) is 22.0 Å². The Kier molecular flexibility index (Phi) is 7.63. The summed E-state index contributed by atoms with van der Waals surface area (Å²) in [5.74, 6) is 1.58. The zero-order valence-corrected chi connectivity index (χ0v) is 19.6. The van der Waals surface area contributed by atoms with Crippen molar-refractivity contribution < 1.29 is 14.3 Å². The minimum atomic E-state index is -0.00899. The Balaban J connectivity index is 1.29. The fraction of sp³-hybridized carbons (Fsp3) is 0.333. The van der Waals surface area contributed by atoms with Crippen LogP contribution >= 0.6 is 22.9 Å². The molecule has 6 nitrogen and oxygen atoms in total. The van der Waals surface area contributed by atoms with Crippen molar-refractivity contribution in [2.24, 2.45) is 0 Å². The molecule has 4 rings (SSSR count). The Morgan fingerprint density at radius 1 is 1.03 bits per heavy atom. The number of ether oxygens (including phenoxy) is 2. The highest BCUT2D eigenvalue weighted by molar-refractivity contribution is 7.09. The van der Waals surface area contributed by atoms with E-state index < -0.39 is 0 Å². The molecule has 8 heteroatoms. The number of aromatic nitrogens is 1. The average molecular weight is 472 g/mol. The lowest BCUT2D eigenvalue weighted by Gasteiger charge is -2.21. The molecule has 1 aliphatic rings. The zero-order chi connectivity index (χ0) is 22.3. The van der Waals surface area contributed by atoms with E-state index in [1.165, 1.54) is 16.9 Å². The summed E-state index contributed by atoms with van der Waals surface area (Å²) >= 11 is 7.34. The Hall–Kier alpha value is -2.61. The summed E-state index contributed by atoms with van der Waals surface area (Å²) in [6.45, 7) is 4.45. The molecule has 0 bridgehead atoms. The Bertz CT molecular complexity index is 1020. The number of amides is 1. The van der Waals surface area contributed by atoms with Gasteiger partial charge < -0.3 is 14.4 Å². The zero-order valence-electron chi connectivity index (χ0n) is 18.0. The van der Waals surface area contributed by atoms with Gasteiger partial charge in [0, 0.05) is 43.1 Å². The van der Waals surface area contributed by atoms with E-state index in [4.69, 9.17) is 21.1 Å². The van der Waals surface area contributed by atoms with Gasteiger partial charge in [0.1, 0.15) is 28.8 Å². The van der Waals surface area contributed by atoms with Gasteiger partial charge in [-0.25, -0.2) is 4.98 Å². The van der Waals surface area contributed by atoms with Crippen LogP contribution in [0.25, 0.3) is 0 Å². The Labute approximate surface area is 197 Å². The minimum Gasteiger partial charge on any atom is -0.497 e. The molecule has 0 N–H and O–H groups in total. The fourth-order valence-electron chi connectivity index (χ4n) is 3.63. The topological polar surface area (TPSA) is 54.9 Å². The van der Waals surface area contributed by atoms with Crippen LogP contribution in [0.2, 0.25) is 5.02 Å². The van der Waals surface area contributed by atoms with Crippen LogP contribution in [-0.4, -0.2) is 54.0 Å². The van der Waals surface area contributed by atoms with E-state index >= 15 is 0 Å². The van der Waals surface area contributed by atoms with Crippen LogP contribution in [-0.2, 0) is 13.2 Å². The number of hydrogen-bond acceptors (Lipinski definition) is 6. The van der Waals surface area contributed by atoms with Crippen molar-refractivity contribution in [3.8, 4) is 11.5 Å². The second kappa shape index (κ2) is 10.8. The first-order valence-electron chi connectivity index (χ1n) is 10.6. The van der Waals surface area contributed by atoms with Crippen LogP contribution in [0.3, 0.4) is 0 Å². The highest BCUT2D eigenvalue weighted by atomic mass is 35.5. The summed E-state index contributed by atoms with van der Waals surface area (Å²) < 4.78 is 11.0. The molecule has 32 heavy (non-hydrogen) atoms. The van der Waals surface area contributed by atoms with Crippen molar-refractivity contribution >= 4 is 28.8 Å². The Morgan fingerprint density at radius 2 is 1.78 bits per heavy atom. The SMILES string of the molecule is COc1ccc(CN2CCCN(C(=O)c3csc(COc4ccc(Cl)cc4)n3)CC2)cc1. The summed E-state index contributed by atoms with van der Waals surface area (Å²) in [4.78, 5) is 21.8. The molecule has 0 atom stereocenters. The highest BCUT2D eigenvalue weighted by Gasteiger charge is 2.22. The summed E-state index contributed by atoms with van der Waals surface area (Å²) in [6, 6.07) is 15.4. The van der Waals surface area contributed by atoms with Crippen LogP contribution in [0.1, 0.15) is 27.5 Å². The third kappa shape index (κ3) is 6.00. The van der Waals surface area contributed by atoms with Crippen molar-refractivity contribution in [2.45, 2.75) is 19.6 Å². The number of carbonyl (C=O) groups excluding carboxylic acids is 1. The van der Waals surface area contributed by atoms with Crippen LogP contribution in [0.15, 0.2) is 53.9 Å². The molecule has 0 saturated carbocycles. The van der Waals surface area contributed by atoms with E-state index in [0.717, 1.165) is 49.1 Å². The predicted octanol–water partition coefficient (Wildman–Crippen LogP) is 4.73. The van der Waals surface area contributed by atoms with Crippen molar-refractivity contribution in [3.63, 3.8) is 0 Å².